The summed E-state index contributed by atoms with van der Waals surface area (Å²) in [5, 5.41) is 0. The van der Waals surface area contributed by atoms with Gasteiger partial charge in [0.05, 0.1) is 26.6 Å². The summed E-state index contributed by atoms with van der Waals surface area (Å²) in [6.45, 7) is 2.37. The van der Waals surface area contributed by atoms with Crippen LogP contribution in [0.15, 0.2) is 24.3 Å². The summed E-state index contributed by atoms with van der Waals surface area (Å²) in [5.74, 6) is -0.122. The molecular formula is C15H25FN2+. The van der Waals surface area contributed by atoms with Crippen LogP contribution < -0.4 is 6.15 Å². The Hall–Kier alpha value is -0.930. The second-order valence-electron chi connectivity index (χ2n) is 6.12. The van der Waals surface area contributed by atoms with Crippen molar-refractivity contribution in [2.24, 2.45) is 0 Å². The number of rotatable bonds is 3. The lowest BCUT2D eigenvalue weighted by Crippen LogP contribution is -2.41. The van der Waals surface area contributed by atoms with Gasteiger partial charge in [0.25, 0.3) is 0 Å². The highest BCUT2D eigenvalue weighted by Crippen LogP contribution is 2.44. The molecule has 0 unspecified atom stereocenters. The van der Waals surface area contributed by atoms with Gasteiger partial charge < -0.3 is 10.6 Å². The maximum atomic E-state index is 13.4. The molecule has 0 spiro atoms. The lowest BCUT2D eigenvalue weighted by atomic mass is 9.78. The smallest absolute Gasteiger partial charge is 0.151 e. The van der Waals surface area contributed by atoms with E-state index in [1.807, 2.05) is 6.07 Å². The quantitative estimate of drug-likeness (QED) is 0.818. The number of nitrogens with zero attached hydrogens (tertiary/aromatic N) is 1. The Morgan fingerprint density at radius 3 is 2.28 bits per heavy atom. The van der Waals surface area contributed by atoms with E-state index in [1.165, 1.54) is 18.9 Å². The van der Waals surface area contributed by atoms with Gasteiger partial charge in [-0.15, -0.1) is 0 Å². The fraction of sp³-hybridized carbons (Fsp3) is 0.533. The van der Waals surface area contributed by atoms with Crippen molar-refractivity contribution in [2.75, 3.05) is 21.1 Å². The summed E-state index contributed by atoms with van der Waals surface area (Å²) < 4.78 is 14.2. The zero-order valence-corrected chi connectivity index (χ0v) is 11.7. The van der Waals surface area contributed by atoms with Gasteiger partial charge in [0.2, 0.25) is 0 Å². The summed E-state index contributed by atoms with van der Waals surface area (Å²) in [4.78, 5) is 0. The van der Waals surface area contributed by atoms with Crippen LogP contribution in [0.3, 0.4) is 0 Å². The molecule has 18 heavy (non-hydrogen) atoms. The minimum atomic E-state index is -0.122. The predicted molar refractivity (Wildman–Crippen MR) is 73.9 cm³/mol. The molecule has 3 N–H and O–H groups in total. The first-order valence-corrected chi connectivity index (χ1v) is 6.36. The third kappa shape index (κ3) is 3.30. The van der Waals surface area contributed by atoms with E-state index in [4.69, 9.17) is 0 Å². The van der Waals surface area contributed by atoms with Crippen molar-refractivity contribution in [1.29, 1.82) is 0 Å². The van der Waals surface area contributed by atoms with Gasteiger partial charge in [-0.1, -0.05) is 25.0 Å². The predicted octanol–water partition coefficient (Wildman–Crippen LogP) is 3.67. The second-order valence-corrected chi connectivity index (χ2v) is 6.12. The molecular weight excluding hydrogens is 227 g/mol. The second kappa shape index (κ2) is 5.37. The molecule has 1 aliphatic rings. The fourth-order valence-electron chi connectivity index (χ4n) is 3.04. The highest BCUT2D eigenvalue weighted by molar-refractivity contribution is 5.29. The van der Waals surface area contributed by atoms with E-state index in [0.29, 0.717) is 0 Å². The van der Waals surface area contributed by atoms with Crippen LogP contribution in [0.25, 0.3) is 0 Å². The molecule has 1 aliphatic carbocycles. The normalized spacial score (nSPS) is 18.4. The van der Waals surface area contributed by atoms with Gasteiger partial charge in [-0.3, -0.25) is 0 Å². The van der Waals surface area contributed by atoms with Crippen molar-refractivity contribution in [1.82, 2.24) is 6.15 Å². The first-order chi connectivity index (χ1) is 7.91. The van der Waals surface area contributed by atoms with Crippen LogP contribution >= 0.6 is 0 Å². The van der Waals surface area contributed by atoms with E-state index < -0.39 is 0 Å². The monoisotopic (exact) mass is 252 g/mol. The molecule has 2 nitrogen and oxygen atoms in total. The summed E-state index contributed by atoms with van der Waals surface area (Å²) in [5.41, 5.74) is 1.21. The van der Waals surface area contributed by atoms with Crippen molar-refractivity contribution in [3.63, 3.8) is 0 Å². The van der Waals surface area contributed by atoms with Crippen LogP contribution in [0, 0.1) is 12.4 Å². The summed E-state index contributed by atoms with van der Waals surface area (Å²) in [7, 11) is 6.50. The molecule has 3 heteroatoms. The lowest BCUT2D eigenvalue weighted by molar-refractivity contribution is -0.844. The molecule has 2 rings (SSSR count). The fourth-order valence-corrected chi connectivity index (χ4v) is 3.04. The van der Waals surface area contributed by atoms with Crippen LogP contribution in [0.2, 0.25) is 0 Å². The molecule has 1 saturated carbocycles. The molecule has 101 valence electrons. The first-order valence-electron chi connectivity index (χ1n) is 6.36. The zero-order chi connectivity index (χ0) is 12.5. The van der Waals surface area contributed by atoms with Crippen molar-refractivity contribution in [3.8, 4) is 0 Å². The maximum Gasteiger partial charge on any atom is 0.151 e. The third-order valence-electron chi connectivity index (χ3n) is 3.53. The van der Waals surface area contributed by atoms with Crippen molar-refractivity contribution < 1.29 is 8.87 Å². The number of hydrogen-bond acceptors (Lipinski definition) is 1. The Kier molecular flexibility index (Phi) is 4.51. The molecule has 1 fully saturated rings. The van der Waals surface area contributed by atoms with Crippen LogP contribution in [-0.4, -0.2) is 25.6 Å². The molecule has 1 aromatic rings. The number of hydrogen-bond donors (Lipinski definition) is 1. The van der Waals surface area contributed by atoms with Gasteiger partial charge in [-0.25, -0.2) is 4.39 Å². The number of benzene rings is 1. The standard InChI is InChI=1S/C15H22FN.H3N/c1-17(2,3)12-15(9-4-5-10-15)13-7-6-8-14(16)11-13;/h6-8,11-12H,4-5,9-10H2,1-3H3;1H3/q+1;. The van der Waals surface area contributed by atoms with Crippen molar-refractivity contribution in [2.45, 2.75) is 31.1 Å². The van der Waals surface area contributed by atoms with Gasteiger partial charge in [0.15, 0.2) is 6.54 Å². The molecule has 0 heterocycles. The molecule has 0 atom stereocenters. The van der Waals surface area contributed by atoms with E-state index >= 15 is 0 Å². The van der Waals surface area contributed by atoms with Crippen LogP contribution in [0.5, 0.6) is 0 Å². The summed E-state index contributed by atoms with van der Waals surface area (Å²) in [6, 6.07) is 7.13. The first kappa shape index (κ1) is 15.1. The van der Waals surface area contributed by atoms with Crippen LogP contribution in [-0.2, 0) is 5.41 Å². The van der Waals surface area contributed by atoms with Crippen LogP contribution in [0.4, 0.5) is 4.39 Å². The Labute approximate surface area is 110 Å². The molecule has 0 aromatic heterocycles. The molecule has 0 saturated heterocycles. The van der Waals surface area contributed by atoms with Gasteiger partial charge >= 0.3 is 0 Å². The zero-order valence-electron chi connectivity index (χ0n) is 11.7. The van der Waals surface area contributed by atoms with E-state index in [2.05, 4.69) is 33.8 Å². The Morgan fingerprint density at radius 2 is 1.78 bits per heavy atom. The van der Waals surface area contributed by atoms with E-state index in [9.17, 15) is 4.39 Å². The minimum Gasteiger partial charge on any atom is -0.344 e. The number of quaternary nitrogens is 1. The SMILES string of the molecule is C[N+](C)(C)[CH]C1(c2cccc(F)c2)CCCC1.N. The van der Waals surface area contributed by atoms with Crippen molar-refractivity contribution >= 4 is 0 Å². The van der Waals surface area contributed by atoms with E-state index in [-0.39, 0.29) is 17.4 Å². The maximum absolute atomic E-state index is 13.4. The van der Waals surface area contributed by atoms with E-state index in [1.54, 1.807) is 6.07 Å². The Balaban J connectivity index is 0.00000162. The van der Waals surface area contributed by atoms with Gasteiger partial charge in [-0.05, 0) is 30.5 Å². The average Bonchev–Trinajstić information content (AvgIpc) is 2.65. The van der Waals surface area contributed by atoms with Crippen molar-refractivity contribution in [3.05, 3.63) is 42.2 Å². The molecule has 0 bridgehead atoms. The third-order valence-corrected chi connectivity index (χ3v) is 3.53. The Morgan fingerprint density at radius 1 is 1.17 bits per heavy atom. The number of halogens is 1. The topological polar surface area (TPSA) is 35.0 Å². The molecule has 1 aromatic carbocycles. The van der Waals surface area contributed by atoms with Gasteiger partial charge in [0, 0.05) is 0 Å². The largest absolute Gasteiger partial charge is 0.344 e. The number of likely N-dealkylation sites (N-methyl/N-ethyl adjacent to an activating group) is 1. The summed E-state index contributed by atoms with van der Waals surface area (Å²) >= 11 is 0. The van der Waals surface area contributed by atoms with Gasteiger partial charge in [-0.2, -0.15) is 0 Å². The molecule has 0 aliphatic heterocycles. The summed E-state index contributed by atoms with van der Waals surface area (Å²) in [6.07, 6.45) is 4.78. The average molecular weight is 252 g/mol. The van der Waals surface area contributed by atoms with E-state index in [0.717, 1.165) is 22.9 Å². The highest BCUT2D eigenvalue weighted by Gasteiger charge is 2.41. The molecule has 1 radical (unpaired) electrons. The van der Waals surface area contributed by atoms with Crippen LogP contribution in [0.1, 0.15) is 31.2 Å². The Bertz CT molecular complexity index is 390. The lowest BCUT2D eigenvalue weighted by Gasteiger charge is -2.35. The minimum absolute atomic E-state index is 0. The highest BCUT2D eigenvalue weighted by atomic mass is 19.1. The van der Waals surface area contributed by atoms with Gasteiger partial charge in [0.1, 0.15) is 5.82 Å². The molecule has 0 amide bonds.